The van der Waals surface area contributed by atoms with Gasteiger partial charge in [0.2, 0.25) is 0 Å². The van der Waals surface area contributed by atoms with Crippen molar-refractivity contribution in [1.29, 1.82) is 0 Å². The third kappa shape index (κ3) is 3.54. The smallest absolute Gasteiger partial charge is 0.319 e. The number of aryl methyl sites for hydroxylation is 1. The lowest BCUT2D eigenvalue weighted by molar-refractivity contribution is 0.251. The first-order valence-corrected chi connectivity index (χ1v) is 7.76. The minimum Gasteiger partial charge on any atom is -0.331 e. The maximum absolute atomic E-state index is 12.0. The third-order valence-corrected chi connectivity index (χ3v) is 3.70. The topological polar surface area (TPSA) is 89.7 Å². The van der Waals surface area contributed by atoms with Crippen LogP contribution in [0.25, 0.3) is 5.69 Å². The summed E-state index contributed by atoms with van der Waals surface area (Å²) >= 11 is 6.13. The maximum atomic E-state index is 12.0. The SMILES string of the molecule is CCn1cnnc1CNC(=O)Nc1cnn(-c2ccccc2Cl)c1. The standard InChI is InChI=1S/C15H16ClN7O/c1-2-22-10-18-21-14(22)8-17-15(24)20-11-7-19-23(9-11)13-6-4-3-5-12(13)16/h3-7,9-10H,2,8H2,1H3,(H2,17,20,24). The van der Waals surface area contributed by atoms with Crippen molar-refractivity contribution in [1.82, 2.24) is 29.9 Å². The first-order chi connectivity index (χ1) is 11.7. The molecular formula is C15H16ClN7O. The normalized spacial score (nSPS) is 10.6. The van der Waals surface area contributed by atoms with E-state index in [0.29, 0.717) is 23.1 Å². The number of rotatable bonds is 5. The molecule has 0 saturated heterocycles. The van der Waals surface area contributed by atoms with Crippen molar-refractivity contribution in [3.05, 3.63) is 53.8 Å². The van der Waals surface area contributed by atoms with E-state index in [-0.39, 0.29) is 6.03 Å². The van der Waals surface area contributed by atoms with Crippen LogP contribution in [-0.2, 0) is 13.1 Å². The summed E-state index contributed by atoms with van der Waals surface area (Å²) < 4.78 is 3.46. The van der Waals surface area contributed by atoms with Crippen molar-refractivity contribution in [2.75, 3.05) is 5.32 Å². The zero-order valence-electron chi connectivity index (χ0n) is 13.0. The monoisotopic (exact) mass is 345 g/mol. The molecule has 8 nitrogen and oxygen atoms in total. The van der Waals surface area contributed by atoms with Crippen LogP contribution in [0.4, 0.5) is 10.5 Å². The van der Waals surface area contributed by atoms with E-state index >= 15 is 0 Å². The summed E-state index contributed by atoms with van der Waals surface area (Å²) in [4.78, 5) is 12.0. The minimum absolute atomic E-state index is 0.290. The van der Waals surface area contributed by atoms with E-state index < -0.39 is 0 Å². The molecule has 2 amide bonds. The molecule has 9 heteroatoms. The fraction of sp³-hybridized carbons (Fsp3) is 0.200. The maximum Gasteiger partial charge on any atom is 0.319 e. The predicted molar refractivity (Wildman–Crippen MR) is 90.1 cm³/mol. The Kier molecular flexibility index (Phi) is 4.76. The van der Waals surface area contributed by atoms with Crippen molar-refractivity contribution in [3.63, 3.8) is 0 Å². The molecule has 0 saturated carbocycles. The molecule has 2 aromatic heterocycles. The summed E-state index contributed by atoms with van der Waals surface area (Å²) in [6.45, 7) is 3.02. The number of amides is 2. The summed E-state index contributed by atoms with van der Waals surface area (Å²) in [5.41, 5.74) is 1.30. The Labute approximate surface area is 143 Å². The molecule has 24 heavy (non-hydrogen) atoms. The van der Waals surface area contributed by atoms with Crippen LogP contribution in [0.5, 0.6) is 0 Å². The number of carbonyl (C=O) groups excluding carboxylic acids is 1. The van der Waals surface area contributed by atoms with Gasteiger partial charge in [0, 0.05) is 6.54 Å². The van der Waals surface area contributed by atoms with Gasteiger partial charge < -0.3 is 15.2 Å². The zero-order chi connectivity index (χ0) is 16.9. The van der Waals surface area contributed by atoms with E-state index in [1.54, 1.807) is 29.5 Å². The second-order valence-electron chi connectivity index (χ2n) is 4.97. The summed E-state index contributed by atoms with van der Waals surface area (Å²) in [5, 5.41) is 18.0. The quantitative estimate of drug-likeness (QED) is 0.743. The van der Waals surface area contributed by atoms with Crippen molar-refractivity contribution in [2.45, 2.75) is 20.0 Å². The molecule has 2 N–H and O–H groups in total. The van der Waals surface area contributed by atoms with Crippen LogP contribution in [0.2, 0.25) is 5.02 Å². The van der Waals surface area contributed by atoms with Gasteiger partial charge in [-0.2, -0.15) is 5.10 Å². The highest BCUT2D eigenvalue weighted by atomic mass is 35.5. The van der Waals surface area contributed by atoms with Crippen LogP contribution >= 0.6 is 11.6 Å². The molecule has 2 heterocycles. The Morgan fingerprint density at radius 3 is 2.96 bits per heavy atom. The number of halogens is 1. The number of carbonyl (C=O) groups is 1. The van der Waals surface area contributed by atoms with Gasteiger partial charge in [-0.1, -0.05) is 23.7 Å². The molecule has 3 aromatic rings. The zero-order valence-corrected chi connectivity index (χ0v) is 13.7. The largest absolute Gasteiger partial charge is 0.331 e. The predicted octanol–water partition coefficient (Wildman–Crippen LogP) is 2.46. The molecule has 0 atom stereocenters. The second-order valence-corrected chi connectivity index (χ2v) is 5.37. The summed E-state index contributed by atoms with van der Waals surface area (Å²) in [7, 11) is 0. The van der Waals surface area contributed by atoms with Crippen LogP contribution in [-0.4, -0.2) is 30.6 Å². The number of aromatic nitrogens is 5. The van der Waals surface area contributed by atoms with Gasteiger partial charge in [0.1, 0.15) is 6.33 Å². The number of anilines is 1. The van der Waals surface area contributed by atoms with Crippen molar-refractivity contribution in [3.8, 4) is 5.69 Å². The summed E-state index contributed by atoms with van der Waals surface area (Å²) in [6.07, 6.45) is 4.87. The number of nitrogens with one attached hydrogen (secondary N) is 2. The molecule has 0 aliphatic rings. The summed E-state index contributed by atoms with van der Waals surface area (Å²) in [5.74, 6) is 0.694. The van der Waals surface area contributed by atoms with Gasteiger partial charge in [-0.3, -0.25) is 0 Å². The van der Waals surface area contributed by atoms with Gasteiger partial charge in [-0.15, -0.1) is 10.2 Å². The third-order valence-electron chi connectivity index (χ3n) is 3.38. The fourth-order valence-corrected chi connectivity index (χ4v) is 2.39. The first-order valence-electron chi connectivity index (χ1n) is 7.38. The molecule has 0 radical (unpaired) electrons. The Bertz CT molecular complexity index is 842. The summed E-state index contributed by atoms with van der Waals surface area (Å²) in [6, 6.07) is 6.99. The van der Waals surface area contributed by atoms with E-state index in [9.17, 15) is 4.79 Å². The molecule has 0 spiro atoms. The molecule has 3 rings (SSSR count). The van der Waals surface area contributed by atoms with Gasteiger partial charge >= 0.3 is 6.03 Å². The number of hydrogen-bond acceptors (Lipinski definition) is 4. The van der Waals surface area contributed by atoms with E-state index in [4.69, 9.17) is 11.6 Å². The Morgan fingerprint density at radius 2 is 2.17 bits per heavy atom. The Hall–Kier alpha value is -2.87. The van der Waals surface area contributed by atoms with Gasteiger partial charge in [0.15, 0.2) is 5.82 Å². The van der Waals surface area contributed by atoms with E-state index in [0.717, 1.165) is 12.2 Å². The highest BCUT2D eigenvalue weighted by Crippen LogP contribution is 2.20. The Balaban J connectivity index is 1.60. The average molecular weight is 346 g/mol. The Morgan fingerprint density at radius 1 is 1.33 bits per heavy atom. The van der Waals surface area contributed by atoms with Crippen LogP contribution < -0.4 is 10.6 Å². The van der Waals surface area contributed by atoms with Crippen molar-refractivity contribution in [2.24, 2.45) is 0 Å². The van der Waals surface area contributed by atoms with Crippen molar-refractivity contribution >= 4 is 23.3 Å². The van der Waals surface area contributed by atoms with Crippen LogP contribution in [0.1, 0.15) is 12.7 Å². The molecule has 0 fully saturated rings. The number of benzene rings is 1. The highest BCUT2D eigenvalue weighted by Gasteiger charge is 2.09. The molecule has 0 bridgehead atoms. The van der Waals surface area contributed by atoms with Gasteiger partial charge in [0.25, 0.3) is 0 Å². The van der Waals surface area contributed by atoms with Gasteiger partial charge in [-0.05, 0) is 19.1 Å². The minimum atomic E-state index is -0.348. The van der Waals surface area contributed by atoms with E-state index in [1.807, 2.05) is 29.7 Å². The number of hydrogen-bond donors (Lipinski definition) is 2. The lowest BCUT2D eigenvalue weighted by Crippen LogP contribution is -2.29. The second kappa shape index (κ2) is 7.14. The van der Waals surface area contributed by atoms with Crippen LogP contribution in [0.3, 0.4) is 0 Å². The van der Waals surface area contributed by atoms with Crippen LogP contribution in [0.15, 0.2) is 43.0 Å². The molecule has 1 aromatic carbocycles. The highest BCUT2D eigenvalue weighted by molar-refractivity contribution is 6.32. The number of para-hydroxylation sites is 1. The molecule has 0 aliphatic carbocycles. The fourth-order valence-electron chi connectivity index (χ4n) is 2.17. The molecule has 0 unspecified atom stereocenters. The lowest BCUT2D eigenvalue weighted by atomic mass is 10.3. The number of nitrogens with zero attached hydrogens (tertiary/aromatic N) is 5. The molecule has 0 aliphatic heterocycles. The van der Waals surface area contributed by atoms with Crippen molar-refractivity contribution < 1.29 is 4.79 Å². The molecular weight excluding hydrogens is 330 g/mol. The van der Waals surface area contributed by atoms with Gasteiger partial charge in [-0.25, -0.2) is 9.48 Å². The van der Waals surface area contributed by atoms with Gasteiger partial charge in [0.05, 0.1) is 35.3 Å². The van der Waals surface area contributed by atoms with E-state index in [1.165, 1.54) is 0 Å². The number of urea groups is 1. The lowest BCUT2D eigenvalue weighted by Gasteiger charge is -2.06. The average Bonchev–Trinajstić information content (AvgIpc) is 3.22. The van der Waals surface area contributed by atoms with E-state index in [2.05, 4.69) is 25.9 Å². The molecule has 124 valence electrons. The first kappa shape index (κ1) is 16.0. The van der Waals surface area contributed by atoms with Crippen LogP contribution in [0, 0.1) is 0 Å².